The molecule has 2 aromatic carbocycles. The quantitative estimate of drug-likeness (QED) is 0.845. The van der Waals surface area contributed by atoms with Crippen molar-refractivity contribution >= 4 is 0 Å². The molecule has 2 aromatic rings. The van der Waals surface area contributed by atoms with Gasteiger partial charge in [0, 0.05) is 30.4 Å². The molecule has 0 fully saturated rings. The van der Waals surface area contributed by atoms with Crippen LogP contribution in [0.15, 0.2) is 30.3 Å². The van der Waals surface area contributed by atoms with Crippen molar-refractivity contribution in [1.29, 1.82) is 0 Å². The van der Waals surface area contributed by atoms with Crippen LogP contribution in [-0.2, 0) is 10.3 Å². The molecule has 2 atom stereocenters. The van der Waals surface area contributed by atoms with E-state index in [1.807, 2.05) is 30.3 Å². The summed E-state index contributed by atoms with van der Waals surface area (Å²) in [5.74, 6) is 3.62. The molecule has 124 valence electrons. The molecule has 3 aliphatic rings. The van der Waals surface area contributed by atoms with E-state index in [0.29, 0.717) is 18.1 Å². The highest BCUT2D eigenvalue weighted by Crippen LogP contribution is 2.58. The second kappa shape index (κ2) is 4.70. The first-order valence-electron chi connectivity index (χ1n) is 7.72. The van der Waals surface area contributed by atoms with Gasteiger partial charge in [-0.3, -0.25) is 0 Å². The van der Waals surface area contributed by atoms with E-state index in [4.69, 9.17) is 28.4 Å². The molecule has 6 nitrogen and oxygen atoms in total. The highest BCUT2D eigenvalue weighted by Gasteiger charge is 2.55. The van der Waals surface area contributed by atoms with E-state index in [2.05, 4.69) is 0 Å². The molecule has 0 bridgehead atoms. The largest absolute Gasteiger partial charge is 0.497 e. The lowest BCUT2D eigenvalue weighted by Crippen LogP contribution is -2.42. The van der Waals surface area contributed by atoms with Gasteiger partial charge in [0.15, 0.2) is 23.2 Å². The molecule has 0 radical (unpaired) electrons. The average Bonchev–Trinajstić information content (AvgIpc) is 3.21. The summed E-state index contributed by atoms with van der Waals surface area (Å²) in [5.41, 5.74) is 1.14. The van der Waals surface area contributed by atoms with Crippen LogP contribution in [0.1, 0.15) is 17.2 Å². The lowest BCUT2D eigenvalue weighted by molar-refractivity contribution is -0.114. The van der Waals surface area contributed by atoms with Crippen molar-refractivity contribution in [2.24, 2.45) is 0 Å². The maximum absolute atomic E-state index is 6.25. The van der Waals surface area contributed by atoms with Crippen molar-refractivity contribution in [3.05, 3.63) is 41.5 Å². The number of fused-ring (bicyclic) bond motifs is 6. The number of benzene rings is 2. The molecule has 0 saturated carbocycles. The lowest BCUT2D eigenvalue weighted by atomic mass is 9.84. The summed E-state index contributed by atoms with van der Waals surface area (Å²) in [7, 11) is 3.31. The summed E-state index contributed by atoms with van der Waals surface area (Å²) in [4.78, 5) is 0. The molecule has 0 aliphatic carbocycles. The first kappa shape index (κ1) is 13.8. The molecule has 3 heterocycles. The zero-order valence-corrected chi connectivity index (χ0v) is 13.3. The van der Waals surface area contributed by atoms with Crippen LogP contribution in [0.2, 0.25) is 0 Å². The second-order valence-electron chi connectivity index (χ2n) is 5.99. The van der Waals surface area contributed by atoms with Crippen LogP contribution in [-0.4, -0.2) is 27.6 Å². The summed E-state index contributed by atoms with van der Waals surface area (Å²) >= 11 is 0. The Balaban J connectivity index is 1.66. The van der Waals surface area contributed by atoms with Gasteiger partial charge in [0.1, 0.15) is 23.9 Å². The predicted octanol–water partition coefficient (Wildman–Crippen LogP) is 2.79. The van der Waals surface area contributed by atoms with Crippen molar-refractivity contribution in [2.45, 2.75) is 11.7 Å². The summed E-state index contributed by atoms with van der Waals surface area (Å²) in [6.07, 6.45) is -0.297. The number of hydrogen-bond donors (Lipinski definition) is 0. The number of rotatable bonds is 2. The zero-order chi connectivity index (χ0) is 16.3. The molecular weight excluding hydrogens is 312 g/mol. The highest BCUT2D eigenvalue weighted by molar-refractivity contribution is 5.59. The smallest absolute Gasteiger partial charge is 0.231 e. The van der Waals surface area contributed by atoms with Gasteiger partial charge in [-0.2, -0.15) is 0 Å². The van der Waals surface area contributed by atoms with Crippen LogP contribution in [0.3, 0.4) is 0 Å². The first-order valence-corrected chi connectivity index (χ1v) is 7.72. The van der Waals surface area contributed by atoms with Gasteiger partial charge in [-0.1, -0.05) is 0 Å². The molecular formula is C18H16O6. The normalized spacial score (nSPS) is 25.2. The van der Waals surface area contributed by atoms with Gasteiger partial charge in [-0.25, -0.2) is 0 Å². The van der Waals surface area contributed by atoms with Crippen molar-refractivity contribution in [3.63, 3.8) is 0 Å². The van der Waals surface area contributed by atoms with E-state index >= 15 is 0 Å². The van der Waals surface area contributed by atoms with E-state index < -0.39 is 5.60 Å². The maximum atomic E-state index is 6.25. The molecule has 0 spiro atoms. The van der Waals surface area contributed by atoms with Crippen LogP contribution >= 0.6 is 0 Å². The SMILES string of the molecule is COc1ccc2c(c1)OC[C@]1(OC)c3cc4c(cc3O[C@H]21)OCO4. The molecule has 6 heteroatoms. The maximum Gasteiger partial charge on any atom is 0.231 e. The average molecular weight is 328 g/mol. The minimum absolute atomic E-state index is 0.223. The standard InChI is InChI=1S/C18H16O6/c1-19-10-3-4-11-13(5-10)21-8-18(20-2)12-6-15-16(23-9-22-15)7-14(12)24-17(11)18/h3-7,17H,8-9H2,1-2H3/t17-,18+/m1/s1. The van der Waals surface area contributed by atoms with Crippen molar-refractivity contribution in [1.82, 2.24) is 0 Å². The first-order chi connectivity index (χ1) is 11.7. The second-order valence-corrected chi connectivity index (χ2v) is 5.99. The third kappa shape index (κ3) is 1.63. The summed E-state index contributed by atoms with van der Waals surface area (Å²) in [5, 5.41) is 0. The molecule has 0 saturated heterocycles. The van der Waals surface area contributed by atoms with Crippen LogP contribution in [0.4, 0.5) is 0 Å². The summed E-state index contributed by atoms with van der Waals surface area (Å²) in [6.45, 7) is 0.571. The van der Waals surface area contributed by atoms with Gasteiger partial charge < -0.3 is 28.4 Å². The van der Waals surface area contributed by atoms with Crippen LogP contribution in [0.25, 0.3) is 0 Å². The fourth-order valence-corrected chi connectivity index (χ4v) is 3.63. The Labute approximate surface area is 138 Å². The third-order valence-corrected chi connectivity index (χ3v) is 4.91. The van der Waals surface area contributed by atoms with E-state index in [0.717, 1.165) is 28.4 Å². The molecule has 0 N–H and O–H groups in total. The Morgan fingerprint density at radius 1 is 0.958 bits per heavy atom. The Morgan fingerprint density at radius 3 is 2.58 bits per heavy atom. The van der Waals surface area contributed by atoms with E-state index in [1.54, 1.807) is 14.2 Å². The van der Waals surface area contributed by atoms with Crippen LogP contribution in [0.5, 0.6) is 28.7 Å². The number of methoxy groups -OCH3 is 2. The fraction of sp³-hybridized carbons (Fsp3) is 0.333. The third-order valence-electron chi connectivity index (χ3n) is 4.91. The van der Waals surface area contributed by atoms with Gasteiger partial charge >= 0.3 is 0 Å². The molecule has 3 aliphatic heterocycles. The van der Waals surface area contributed by atoms with Crippen molar-refractivity contribution in [2.75, 3.05) is 27.6 Å². The van der Waals surface area contributed by atoms with E-state index in [1.165, 1.54) is 0 Å². The number of hydrogen-bond acceptors (Lipinski definition) is 6. The monoisotopic (exact) mass is 328 g/mol. The van der Waals surface area contributed by atoms with Gasteiger partial charge in [-0.15, -0.1) is 0 Å². The Morgan fingerprint density at radius 2 is 1.79 bits per heavy atom. The van der Waals surface area contributed by atoms with Crippen molar-refractivity contribution < 1.29 is 28.4 Å². The van der Waals surface area contributed by atoms with E-state index in [9.17, 15) is 0 Å². The Hall–Kier alpha value is -2.60. The summed E-state index contributed by atoms with van der Waals surface area (Å²) in [6, 6.07) is 9.51. The zero-order valence-electron chi connectivity index (χ0n) is 13.3. The van der Waals surface area contributed by atoms with E-state index in [-0.39, 0.29) is 12.9 Å². The number of ether oxygens (including phenoxy) is 6. The van der Waals surface area contributed by atoms with Gasteiger partial charge in [0.25, 0.3) is 0 Å². The van der Waals surface area contributed by atoms with Gasteiger partial charge in [-0.05, 0) is 18.2 Å². The molecule has 24 heavy (non-hydrogen) atoms. The highest BCUT2D eigenvalue weighted by atomic mass is 16.7. The minimum atomic E-state index is -0.710. The fourth-order valence-electron chi connectivity index (χ4n) is 3.63. The van der Waals surface area contributed by atoms with Gasteiger partial charge in [0.2, 0.25) is 6.79 Å². The van der Waals surface area contributed by atoms with Crippen LogP contribution < -0.4 is 23.7 Å². The molecule has 0 unspecified atom stereocenters. The predicted molar refractivity (Wildman–Crippen MR) is 83.1 cm³/mol. The van der Waals surface area contributed by atoms with Gasteiger partial charge in [0.05, 0.1) is 7.11 Å². The Kier molecular flexibility index (Phi) is 2.71. The molecule has 5 rings (SSSR count). The topological polar surface area (TPSA) is 55.4 Å². The van der Waals surface area contributed by atoms with Crippen molar-refractivity contribution in [3.8, 4) is 28.7 Å². The minimum Gasteiger partial charge on any atom is -0.497 e. The molecule has 0 amide bonds. The lowest BCUT2D eigenvalue weighted by Gasteiger charge is -2.37. The van der Waals surface area contributed by atoms with Crippen LogP contribution in [0, 0.1) is 0 Å². The molecule has 0 aromatic heterocycles. The Bertz CT molecular complexity index is 832. The summed E-state index contributed by atoms with van der Waals surface area (Å²) < 4.78 is 34.4.